The lowest BCUT2D eigenvalue weighted by Crippen LogP contribution is -2.07. The van der Waals surface area contributed by atoms with Gasteiger partial charge in [0.05, 0.1) is 11.5 Å². The summed E-state index contributed by atoms with van der Waals surface area (Å²) in [6.45, 7) is 3.06. The lowest BCUT2D eigenvalue weighted by molar-refractivity contribution is -0.383. The van der Waals surface area contributed by atoms with Crippen LogP contribution in [-0.4, -0.2) is 16.6 Å². The highest BCUT2D eigenvalue weighted by atomic mass is 16.6. The molecule has 1 heterocycles. The Hall–Kier alpha value is -2.57. The highest BCUT2D eigenvalue weighted by molar-refractivity contribution is 5.76. The number of rotatable bonds is 7. The first-order valence-corrected chi connectivity index (χ1v) is 6.36. The number of nitro benzene ring substituents is 1. The van der Waals surface area contributed by atoms with Crippen LogP contribution in [0.5, 0.6) is 0 Å². The van der Waals surface area contributed by atoms with Gasteiger partial charge < -0.3 is 15.2 Å². The molecule has 0 bridgehead atoms. The molecular weight excluding hydrogens is 260 g/mol. The van der Waals surface area contributed by atoms with Crippen LogP contribution in [-0.2, 0) is 6.54 Å². The minimum atomic E-state index is -0.386. The molecule has 7 heteroatoms. The van der Waals surface area contributed by atoms with Gasteiger partial charge in [0.15, 0.2) is 0 Å². The van der Waals surface area contributed by atoms with Gasteiger partial charge in [-0.15, -0.1) is 0 Å². The van der Waals surface area contributed by atoms with Gasteiger partial charge in [-0.3, -0.25) is 10.1 Å². The molecule has 0 saturated carbocycles. The van der Waals surface area contributed by atoms with E-state index in [9.17, 15) is 10.1 Å². The molecule has 0 atom stereocenters. The van der Waals surface area contributed by atoms with E-state index in [-0.39, 0.29) is 10.6 Å². The van der Waals surface area contributed by atoms with E-state index in [1.165, 1.54) is 6.26 Å². The Labute approximate surface area is 116 Å². The van der Waals surface area contributed by atoms with Gasteiger partial charge in [-0.05, 0) is 18.6 Å². The zero-order chi connectivity index (χ0) is 14.4. The zero-order valence-corrected chi connectivity index (χ0v) is 11.1. The van der Waals surface area contributed by atoms with Crippen molar-refractivity contribution in [3.8, 4) is 0 Å². The van der Waals surface area contributed by atoms with Gasteiger partial charge in [-0.25, -0.2) is 0 Å². The molecule has 1 aromatic carbocycles. The van der Waals surface area contributed by atoms with E-state index in [0.717, 1.165) is 6.42 Å². The molecule has 0 aliphatic heterocycles. The van der Waals surface area contributed by atoms with Crippen molar-refractivity contribution in [2.45, 2.75) is 19.9 Å². The van der Waals surface area contributed by atoms with Crippen LogP contribution in [0.3, 0.4) is 0 Å². The van der Waals surface area contributed by atoms with Crippen LogP contribution in [0.15, 0.2) is 35.1 Å². The molecular formula is C13H16N4O3. The van der Waals surface area contributed by atoms with Crippen molar-refractivity contribution < 1.29 is 9.45 Å². The minimum Gasteiger partial charge on any atom is -0.379 e. The molecule has 2 aromatic rings. The smallest absolute Gasteiger partial charge is 0.315 e. The summed E-state index contributed by atoms with van der Waals surface area (Å²) in [5.41, 5.74) is 1.71. The molecule has 0 aliphatic carbocycles. The van der Waals surface area contributed by atoms with E-state index in [1.807, 2.05) is 6.92 Å². The van der Waals surface area contributed by atoms with Crippen LogP contribution in [0.2, 0.25) is 0 Å². The number of benzene rings is 1. The normalized spacial score (nSPS) is 10.2. The van der Waals surface area contributed by atoms with Crippen molar-refractivity contribution in [3.05, 3.63) is 46.3 Å². The molecule has 0 spiro atoms. The van der Waals surface area contributed by atoms with Crippen LogP contribution in [0, 0.1) is 10.1 Å². The van der Waals surface area contributed by atoms with E-state index in [0.29, 0.717) is 30.2 Å². The maximum atomic E-state index is 11.3. The fraction of sp³-hybridized carbons (Fsp3) is 0.308. The lowest BCUT2D eigenvalue weighted by atomic mass is 10.2. The first kappa shape index (κ1) is 13.9. The van der Waals surface area contributed by atoms with Crippen molar-refractivity contribution in [2.24, 2.45) is 0 Å². The third-order valence-corrected chi connectivity index (χ3v) is 2.74. The molecule has 7 nitrogen and oxygen atoms in total. The Morgan fingerprint density at radius 2 is 2.05 bits per heavy atom. The predicted molar refractivity (Wildman–Crippen MR) is 75.7 cm³/mol. The highest BCUT2D eigenvalue weighted by Crippen LogP contribution is 2.33. The number of anilines is 2. The number of nitrogens with one attached hydrogen (secondary N) is 2. The fourth-order valence-electron chi connectivity index (χ4n) is 1.80. The molecule has 0 radical (unpaired) electrons. The van der Waals surface area contributed by atoms with E-state index in [2.05, 4.69) is 15.8 Å². The average molecular weight is 276 g/mol. The summed E-state index contributed by atoms with van der Waals surface area (Å²) in [5.74, 6) is 0. The summed E-state index contributed by atoms with van der Waals surface area (Å²) < 4.78 is 4.72. The van der Waals surface area contributed by atoms with Crippen LogP contribution < -0.4 is 10.6 Å². The summed E-state index contributed by atoms with van der Waals surface area (Å²) in [4.78, 5) is 10.9. The third kappa shape index (κ3) is 3.25. The van der Waals surface area contributed by atoms with Gasteiger partial charge in [0.2, 0.25) is 0 Å². The molecule has 20 heavy (non-hydrogen) atoms. The fourth-order valence-corrected chi connectivity index (χ4v) is 1.80. The van der Waals surface area contributed by atoms with Crippen LogP contribution >= 0.6 is 0 Å². The van der Waals surface area contributed by atoms with Gasteiger partial charge in [-0.1, -0.05) is 18.1 Å². The Balaban J connectivity index is 2.20. The number of para-hydroxylation sites is 1. The minimum absolute atomic E-state index is 0.0458. The van der Waals surface area contributed by atoms with Crippen molar-refractivity contribution >= 4 is 17.1 Å². The first-order chi connectivity index (χ1) is 9.72. The van der Waals surface area contributed by atoms with Crippen molar-refractivity contribution in [2.75, 3.05) is 17.2 Å². The van der Waals surface area contributed by atoms with Gasteiger partial charge in [0.25, 0.3) is 0 Å². The summed E-state index contributed by atoms with van der Waals surface area (Å²) in [6.07, 6.45) is 2.36. The van der Waals surface area contributed by atoms with E-state index < -0.39 is 0 Å². The Morgan fingerprint density at radius 3 is 2.65 bits per heavy atom. The second-order valence-electron chi connectivity index (χ2n) is 4.23. The maximum Gasteiger partial charge on any atom is 0.315 e. The number of nitro groups is 1. The Morgan fingerprint density at radius 1 is 1.30 bits per heavy atom. The number of aromatic nitrogens is 1. The SMILES string of the molecule is CCCNc1cccc(NCc2ccon2)c1[N+](=O)[O-]. The topological polar surface area (TPSA) is 93.2 Å². The molecule has 2 N–H and O–H groups in total. The second kappa shape index (κ2) is 6.55. The quantitative estimate of drug-likeness (QED) is 0.596. The molecule has 0 fully saturated rings. The van der Waals surface area contributed by atoms with Crippen LogP contribution in [0.1, 0.15) is 19.0 Å². The number of hydrogen-bond donors (Lipinski definition) is 2. The molecule has 0 amide bonds. The van der Waals surface area contributed by atoms with E-state index in [1.54, 1.807) is 24.3 Å². The number of hydrogen-bond acceptors (Lipinski definition) is 6. The summed E-state index contributed by atoms with van der Waals surface area (Å²) >= 11 is 0. The monoisotopic (exact) mass is 276 g/mol. The number of nitrogens with zero attached hydrogens (tertiary/aromatic N) is 2. The van der Waals surface area contributed by atoms with Crippen LogP contribution in [0.4, 0.5) is 17.1 Å². The van der Waals surface area contributed by atoms with Crippen molar-refractivity contribution in [3.63, 3.8) is 0 Å². The van der Waals surface area contributed by atoms with E-state index in [4.69, 9.17) is 4.52 Å². The van der Waals surface area contributed by atoms with Crippen LogP contribution in [0.25, 0.3) is 0 Å². The molecule has 0 saturated heterocycles. The van der Waals surface area contributed by atoms with E-state index >= 15 is 0 Å². The van der Waals surface area contributed by atoms with Crippen molar-refractivity contribution in [1.82, 2.24) is 5.16 Å². The standard InChI is InChI=1S/C13H16N4O3/c1-2-7-14-11-4-3-5-12(13(11)17(18)19)15-9-10-6-8-20-16-10/h3-6,8,14-15H,2,7,9H2,1H3. The second-order valence-corrected chi connectivity index (χ2v) is 4.23. The van der Waals surface area contributed by atoms with Gasteiger partial charge in [0, 0.05) is 12.6 Å². The Kier molecular flexibility index (Phi) is 4.54. The third-order valence-electron chi connectivity index (χ3n) is 2.74. The summed E-state index contributed by atoms with van der Waals surface area (Å²) in [5, 5.41) is 21.1. The van der Waals surface area contributed by atoms with Crippen molar-refractivity contribution in [1.29, 1.82) is 0 Å². The van der Waals surface area contributed by atoms with Gasteiger partial charge in [0.1, 0.15) is 23.3 Å². The average Bonchev–Trinajstić information content (AvgIpc) is 2.95. The molecule has 1 aromatic heterocycles. The van der Waals surface area contributed by atoms with Gasteiger partial charge in [-0.2, -0.15) is 0 Å². The molecule has 106 valence electrons. The molecule has 2 rings (SSSR count). The first-order valence-electron chi connectivity index (χ1n) is 6.36. The molecule has 0 unspecified atom stereocenters. The summed E-state index contributed by atoms with van der Waals surface area (Å²) in [6, 6.07) is 6.86. The highest BCUT2D eigenvalue weighted by Gasteiger charge is 2.19. The largest absolute Gasteiger partial charge is 0.379 e. The zero-order valence-electron chi connectivity index (χ0n) is 11.1. The maximum absolute atomic E-state index is 11.3. The van der Waals surface area contributed by atoms with Gasteiger partial charge >= 0.3 is 5.69 Å². The predicted octanol–water partition coefficient (Wildman–Crippen LogP) is 3.02. The summed E-state index contributed by atoms with van der Waals surface area (Å²) in [7, 11) is 0. The molecule has 0 aliphatic rings. The lowest BCUT2D eigenvalue weighted by Gasteiger charge is -2.10. The Bertz CT molecular complexity index is 569.